The summed E-state index contributed by atoms with van der Waals surface area (Å²) in [5.74, 6) is 1.75. The van der Waals surface area contributed by atoms with Crippen molar-refractivity contribution in [1.82, 2.24) is 4.98 Å². The molecular weight excluding hydrogens is 210 g/mol. The van der Waals surface area contributed by atoms with Crippen LogP contribution < -0.4 is 4.90 Å². The summed E-state index contributed by atoms with van der Waals surface area (Å²) in [7, 11) is 0. The quantitative estimate of drug-likeness (QED) is 0.780. The Bertz CT molecular complexity index is 445. The van der Waals surface area contributed by atoms with Crippen molar-refractivity contribution < 1.29 is 0 Å². The molecule has 0 N–H and O–H groups in total. The first-order valence-corrected chi connectivity index (χ1v) is 6.52. The summed E-state index contributed by atoms with van der Waals surface area (Å²) < 4.78 is 0. The Morgan fingerprint density at radius 3 is 2.88 bits per heavy atom. The maximum Gasteiger partial charge on any atom is 0.146 e. The van der Waals surface area contributed by atoms with E-state index >= 15 is 0 Å². The lowest BCUT2D eigenvalue weighted by Gasteiger charge is -2.37. The third-order valence-corrected chi connectivity index (χ3v) is 4.17. The number of pyridine rings is 1. The molecule has 1 unspecified atom stereocenters. The van der Waals surface area contributed by atoms with Crippen molar-refractivity contribution in [3.05, 3.63) is 23.9 Å². The summed E-state index contributed by atoms with van der Waals surface area (Å²) in [6.45, 7) is 1.06. The van der Waals surface area contributed by atoms with Crippen LogP contribution >= 0.6 is 0 Å². The summed E-state index contributed by atoms with van der Waals surface area (Å²) in [5, 5.41) is 9.16. The molecule has 2 heterocycles. The molecule has 1 aliphatic carbocycles. The lowest BCUT2D eigenvalue weighted by Crippen LogP contribution is -2.39. The number of aromatic nitrogens is 1. The molecule has 1 aromatic rings. The van der Waals surface area contributed by atoms with Gasteiger partial charge in [-0.25, -0.2) is 4.98 Å². The summed E-state index contributed by atoms with van der Waals surface area (Å²) in [5.41, 5.74) is 0.721. The van der Waals surface area contributed by atoms with Gasteiger partial charge in [0.05, 0.1) is 5.56 Å². The SMILES string of the molecule is N#Cc1cccnc1N1CCCC1C1CCC1. The van der Waals surface area contributed by atoms with Crippen LogP contribution in [0.25, 0.3) is 0 Å². The lowest BCUT2D eigenvalue weighted by atomic mass is 9.79. The van der Waals surface area contributed by atoms with Crippen molar-refractivity contribution >= 4 is 5.82 Å². The van der Waals surface area contributed by atoms with Gasteiger partial charge in [-0.1, -0.05) is 6.42 Å². The molecule has 1 atom stereocenters. The fourth-order valence-electron chi connectivity index (χ4n) is 3.08. The molecular formula is C14H17N3. The summed E-state index contributed by atoms with van der Waals surface area (Å²) in [6, 6.07) is 6.61. The van der Waals surface area contributed by atoms with Gasteiger partial charge in [0.25, 0.3) is 0 Å². The van der Waals surface area contributed by atoms with Crippen LogP contribution in [0.5, 0.6) is 0 Å². The van der Waals surface area contributed by atoms with Crippen LogP contribution in [0.15, 0.2) is 18.3 Å². The van der Waals surface area contributed by atoms with Crippen molar-refractivity contribution in [2.75, 3.05) is 11.4 Å². The number of hydrogen-bond acceptors (Lipinski definition) is 3. The molecule has 88 valence electrons. The topological polar surface area (TPSA) is 39.9 Å². The van der Waals surface area contributed by atoms with Gasteiger partial charge < -0.3 is 4.90 Å². The molecule has 2 fully saturated rings. The van der Waals surface area contributed by atoms with Crippen LogP contribution in [-0.2, 0) is 0 Å². The van der Waals surface area contributed by atoms with E-state index in [1.54, 1.807) is 6.20 Å². The molecule has 0 amide bonds. The first-order valence-electron chi connectivity index (χ1n) is 6.52. The normalized spacial score (nSPS) is 24.4. The maximum atomic E-state index is 9.16. The van der Waals surface area contributed by atoms with Gasteiger partial charge in [0, 0.05) is 18.8 Å². The first-order chi connectivity index (χ1) is 8.40. The third kappa shape index (κ3) is 1.78. The highest BCUT2D eigenvalue weighted by Gasteiger charge is 2.36. The van der Waals surface area contributed by atoms with E-state index in [-0.39, 0.29) is 0 Å². The Hall–Kier alpha value is -1.56. The van der Waals surface area contributed by atoms with Gasteiger partial charge in [-0.15, -0.1) is 0 Å². The fourth-order valence-corrected chi connectivity index (χ4v) is 3.08. The van der Waals surface area contributed by atoms with Crippen LogP contribution in [-0.4, -0.2) is 17.6 Å². The van der Waals surface area contributed by atoms with Crippen molar-refractivity contribution in [3.8, 4) is 6.07 Å². The second-order valence-corrected chi connectivity index (χ2v) is 5.08. The predicted octanol–water partition coefficient (Wildman–Crippen LogP) is 2.72. The zero-order valence-electron chi connectivity index (χ0n) is 9.97. The van der Waals surface area contributed by atoms with Crippen molar-refractivity contribution in [3.63, 3.8) is 0 Å². The number of anilines is 1. The zero-order chi connectivity index (χ0) is 11.7. The lowest BCUT2D eigenvalue weighted by molar-refractivity contribution is 0.261. The van der Waals surface area contributed by atoms with Gasteiger partial charge in [-0.2, -0.15) is 5.26 Å². The maximum absolute atomic E-state index is 9.16. The summed E-state index contributed by atoms with van der Waals surface area (Å²) in [6.07, 6.45) is 8.40. The molecule has 1 aliphatic heterocycles. The highest BCUT2D eigenvalue weighted by Crippen LogP contribution is 2.39. The monoisotopic (exact) mass is 227 g/mol. The van der Waals surface area contributed by atoms with E-state index in [9.17, 15) is 0 Å². The standard InChI is InChI=1S/C14H17N3/c15-10-12-6-2-8-16-14(12)17-9-3-7-13(17)11-4-1-5-11/h2,6,8,11,13H,1,3-5,7,9H2. The third-order valence-electron chi connectivity index (χ3n) is 4.17. The van der Waals surface area contributed by atoms with Crippen molar-refractivity contribution in [2.45, 2.75) is 38.1 Å². The van der Waals surface area contributed by atoms with E-state index in [0.717, 1.165) is 23.8 Å². The predicted molar refractivity (Wildman–Crippen MR) is 66.7 cm³/mol. The molecule has 1 aromatic heterocycles. The molecule has 0 spiro atoms. The van der Waals surface area contributed by atoms with Crippen molar-refractivity contribution in [1.29, 1.82) is 5.26 Å². The van der Waals surface area contributed by atoms with Crippen LogP contribution in [0, 0.1) is 17.2 Å². The summed E-state index contributed by atoms with van der Waals surface area (Å²) in [4.78, 5) is 6.80. The minimum atomic E-state index is 0.630. The second kappa shape index (κ2) is 4.37. The highest BCUT2D eigenvalue weighted by molar-refractivity contribution is 5.54. The molecule has 2 aliphatic rings. The van der Waals surface area contributed by atoms with Crippen LogP contribution in [0.3, 0.4) is 0 Å². The second-order valence-electron chi connectivity index (χ2n) is 5.08. The largest absolute Gasteiger partial charge is 0.352 e. The minimum absolute atomic E-state index is 0.630. The summed E-state index contributed by atoms with van der Waals surface area (Å²) >= 11 is 0. The van der Waals surface area contributed by atoms with E-state index in [1.165, 1.54) is 32.1 Å². The van der Waals surface area contributed by atoms with Gasteiger partial charge in [-0.3, -0.25) is 0 Å². The number of rotatable bonds is 2. The van der Waals surface area contributed by atoms with Crippen molar-refractivity contribution in [2.24, 2.45) is 5.92 Å². The average Bonchev–Trinajstić information content (AvgIpc) is 2.75. The number of hydrogen-bond donors (Lipinski definition) is 0. The Morgan fingerprint density at radius 2 is 2.18 bits per heavy atom. The molecule has 3 nitrogen and oxygen atoms in total. The first kappa shape index (κ1) is 10.6. The zero-order valence-corrected chi connectivity index (χ0v) is 9.97. The Labute approximate surface area is 102 Å². The van der Waals surface area contributed by atoms with E-state index < -0.39 is 0 Å². The molecule has 1 saturated heterocycles. The van der Waals surface area contributed by atoms with Gasteiger partial charge in [0.2, 0.25) is 0 Å². The van der Waals surface area contributed by atoms with Gasteiger partial charge in [0.15, 0.2) is 0 Å². The Morgan fingerprint density at radius 1 is 1.29 bits per heavy atom. The van der Waals surface area contributed by atoms with Crippen LogP contribution in [0.1, 0.15) is 37.7 Å². The van der Waals surface area contributed by atoms with Gasteiger partial charge >= 0.3 is 0 Å². The van der Waals surface area contributed by atoms with Gasteiger partial charge in [-0.05, 0) is 43.7 Å². The number of nitrogens with zero attached hydrogens (tertiary/aromatic N) is 3. The minimum Gasteiger partial charge on any atom is -0.352 e. The molecule has 0 aromatic carbocycles. The highest BCUT2D eigenvalue weighted by atomic mass is 15.2. The molecule has 1 saturated carbocycles. The average molecular weight is 227 g/mol. The molecule has 3 rings (SSSR count). The molecule has 17 heavy (non-hydrogen) atoms. The molecule has 0 bridgehead atoms. The van der Waals surface area contributed by atoms with E-state index in [1.807, 2.05) is 12.1 Å². The molecule has 0 radical (unpaired) electrons. The fraction of sp³-hybridized carbons (Fsp3) is 0.571. The van der Waals surface area contributed by atoms with Gasteiger partial charge in [0.1, 0.15) is 11.9 Å². The Kier molecular flexibility index (Phi) is 2.72. The van der Waals surface area contributed by atoms with E-state index in [0.29, 0.717) is 6.04 Å². The Balaban J connectivity index is 1.89. The van der Waals surface area contributed by atoms with Crippen LogP contribution in [0.2, 0.25) is 0 Å². The molecule has 3 heteroatoms. The van der Waals surface area contributed by atoms with E-state index in [2.05, 4.69) is 16.0 Å². The van der Waals surface area contributed by atoms with Crippen LogP contribution in [0.4, 0.5) is 5.82 Å². The smallest absolute Gasteiger partial charge is 0.146 e. The number of nitriles is 1. The van der Waals surface area contributed by atoms with E-state index in [4.69, 9.17) is 5.26 Å².